The monoisotopic (exact) mass is 338 g/mol. The van der Waals surface area contributed by atoms with Crippen LogP contribution in [0.2, 0.25) is 5.28 Å². The SMILES string of the molecule is CC(C)(C)OC(=O)N1CCN(c2nc(Cl)nn3ccnc23)CC1. The number of halogens is 1. The Kier molecular flexibility index (Phi) is 4.01. The van der Waals surface area contributed by atoms with Gasteiger partial charge in [0.1, 0.15) is 5.60 Å². The summed E-state index contributed by atoms with van der Waals surface area (Å²) in [4.78, 5) is 24.4. The summed E-state index contributed by atoms with van der Waals surface area (Å²) >= 11 is 5.97. The van der Waals surface area contributed by atoms with Gasteiger partial charge >= 0.3 is 6.09 Å². The van der Waals surface area contributed by atoms with Gasteiger partial charge in [0.2, 0.25) is 5.28 Å². The van der Waals surface area contributed by atoms with E-state index < -0.39 is 5.60 Å². The number of hydrogen-bond acceptors (Lipinski definition) is 6. The Labute approximate surface area is 139 Å². The van der Waals surface area contributed by atoms with E-state index in [0.29, 0.717) is 37.6 Å². The van der Waals surface area contributed by atoms with Crippen LogP contribution in [0, 0.1) is 0 Å². The number of hydrogen-bond donors (Lipinski definition) is 0. The minimum atomic E-state index is -0.490. The van der Waals surface area contributed by atoms with Gasteiger partial charge in [0.25, 0.3) is 0 Å². The molecule has 2 aromatic rings. The normalized spacial score (nSPS) is 16.0. The Morgan fingerprint density at radius 2 is 1.96 bits per heavy atom. The number of nitrogens with zero attached hydrogens (tertiary/aromatic N) is 6. The maximum Gasteiger partial charge on any atom is 0.410 e. The molecule has 3 heterocycles. The highest BCUT2D eigenvalue weighted by Crippen LogP contribution is 2.21. The van der Waals surface area contributed by atoms with E-state index in [9.17, 15) is 4.79 Å². The molecule has 3 rings (SSSR count). The maximum absolute atomic E-state index is 12.1. The first-order valence-electron chi connectivity index (χ1n) is 7.43. The molecule has 0 bridgehead atoms. The van der Waals surface area contributed by atoms with Crippen LogP contribution in [-0.4, -0.2) is 62.4 Å². The van der Waals surface area contributed by atoms with Crippen molar-refractivity contribution in [2.24, 2.45) is 0 Å². The molecule has 0 aromatic carbocycles. The summed E-state index contributed by atoms with van der Waals surface area (Å²) in [5, 5.41) is 4.24. The molecule has 0 saturated carbocycles. The topological polar surface area (TPSA) is 75.9 Å². The number of fused-ring (bicyclic) bond motifs is 1. The molecule has 1 saturated heterocycles. The summed E-state index contributed by atoms with van der Waals surface area (Å²) in [6.07, 6.45) is 3.09. The predicted octanol–water partition coefficient (Wildman–Crippen LogP) is 1.83. The van der Waals surface area contributed by atoms with Crippen molar-refractivity contribution in [3.8, 4) is 0 Å². The van der Waals surface area contributed by atoms with Gasteiger partial charge in [0.15, 0.2) is 11.5 Å². The van der Waals surface area contributed by atoms with Crippen LogP contribution in [0.25, 0.3) is 5.65 Å². The lowest BCUT2D eigenvalue weighted by Gasteiger charge is -2.36. The Morgan fingerprint density at radius 3 is 2.61 bits per heavy atom. The summed E-state index contributed by atoms with van der Waals surface area (Å²) < 4.78 is 7.00. The van der Waals surface area contributed by atoms with Crippen LogP contribution in [-0.2, 0) is 4.74 Å². The van der Waals surface area contributed by atoms with E-state index in [2.05, 4.69) is 20.0 Å². The van der Waals surface area contributed by atoms with E-state index in [4.69, 9.17) is 16.3 Å². The summed E-state index contributed by atoms with van der Waals surface area (Å²) in [5.74, 6) is 0.679. The van der Waals surface area contributed by atoms with Gasteiger partial charge in [-0.05, 0) is 32.4 Å². The van der Waals surface area contributed by atoms with Gasteiger partial charge in [0.05, 0.1) is 0 Å². The summed E-state index contributed by atoms with van der Waals surface area (Å²) in [7, 11) is 0. The lowest BCUT2D eigenvalue weighted by atomic mass is 10.2. The molecule has 0 N–H and O–H groups in total. The smallest absolute Gasteiger partial charge is 0.410 e. The van der Waals surface area contributed by atoms with Crippen molar-refractivity contribution in [2.45, 2.75) is 26.4 Å². The average molecular weight is 339 g/mol. The first kappa shape index (κ1) is 15.8. The molecule has 2 aromatic heterocycles. The molecule has 1 aliphatic rings. The third kappa shape index (κ3) is 3.47. The number of ether oxygens (including phenoxy) is 1. The summed E-state index contributed by atoms with van der Waals surface area (Å²) in [6, 6.07) is 0. The Balaban J connectivity index is 1.71. The fourth-order valence-corrected chi connectivity index (χ4v) is 2.59. The molecular weight excluding hydrogens is 320 g/mol. The molecule has 1 aliphatic heterocycles. The zero-order valence-corrected chi connectivity index (χ0v) is 14.1. The Bertz CT molecular complexity index is 718. The first-order chi connectivity index (χ1) is 10.8. The molecule has 9 heteroatoms. The molecular formula is C14H19ClN6O2. The average Bonchev–Trinajstić information content (AvgIpc) is 2.93. The highest BCUT2D eigenvalue weighted by atomic mass is 35.5. The second-order valence-corrected chi connectivity index (χ2v) is 6.69. The molecule has 1 fully saturated rings. The molecule has 0 radical (unpaired) electrons. The van der Waals surface area contributed by atoms with Gasteiger partial charge in [-0.2, -0.15) is 4.98 Å². The minimum Gasteiger partial charge on any atom is -0.444 e. The third-order valence-corrected chi connectivity index (χ3v) is 3.60. The predicted molar refractivity (Wildman–Crippen MR) is 85.8 cm³/mol. The van der Waals surface area contributed by atoms with Crippen LogP contribution in [0.3, 0.4) is 0 Å². The summed E-state index contributed by atoms with van der Waals surface area (Å²) in [5.41, 5.74) is 0.163. The van der Waals surface area contributed by atoms with Crippen molar-refractivity contribution in [3.63, 3.8) is 0 Å². The first-order valence-corrected chi connectivity index (χ1v) is 7.81. The highest BCUT2D eigenvalue weighted by molar-refractivity contribution is 6.28. The molecule has 0 aliphatic carbocycles. The van der Waals surface area contributed by atoms with E-state index >= 15 is 0 Å². The zero-order chi connectivity index (χ0) is 16.6. The molecule has 0 unspecified atom stereocenters. The minimum absolute atomic E-state index is 0.167. The van der Waals surface area contributed by atoms with Crippen molar-refractivity contribution in [2.75, 3.05) is 31.1 Å². The molecule has 0 spiro atoms. The highest BCUT2D eigenvalue weighted by Gasteiger charge is 2.27. The van der Waals surface area contributed by atoms with Crippen molar-refractivity contribution >= 4 is 29.2 Å². The third-order valence-electron chi connectivity index (χ3n) is 3.44. The molecule has 1 amide bonds. The number of amides is 1. The van der Waals surface area contributed by atoms with Crippen molar-refractivity contribution in [1.29, 1.82) is 0 Å². The van der Waals surface area contributed by atoms with Gasteiger partial charge in [-0.1, -0.05) is 0 Å². The van der Waals surface area contributed by atoms with Crippen molar-refractivity contribution < 1.29 is 9.53 Å². The second kappa shape index (κ2) is 5.84. The van der Waals surface area contributed by atoms with E-state index in [1.165, 1.54) is 0 Å². The maximum atomic E-state index is 12.1. The van der Waals surface area contributed by atoms with Gasteiger partial charge < -0.3 is 14.5 Å². The fourth-order valence-electron chi connectivity index (χ4n) is 2.43. The molecule has 124 valence electrons. The molecule has 8 nitrogen and oxygen atoms in total. The van der Waals surface area contributed by atoms with Crippen molar-refractivity contribution in [3.05, 3.63) is 17.7 Å². The van der Waals surface area contributed by atoms with Gasteiger partial charge in [-0.15, -0.1) is 5.10 Å². The van der Waals surface area contributed by atoms with E-state index in [1.807, 2.05) is 20.8 Å². The lowest BCUT2D eigenvalue weighted by molar-refractivity contribution is 0.0240. The second-order valence-electron chi connectivity index (χ2n) is 6.35. The number of anilines is 1. The number of carbonyl (C=O) groups excluding carboxylic acids is 1. The fraction of sp³-hybridized carbons (Fsp3) is 0.571. The number of imidazole rings is 1. The Morgan fingerprint density at radius 1 is 1.26 bits per heavy atom. The lowest BCUT2D eigenvalue weighted by Crippen LogP contribution is -2.50. The number of carbonyl (C=O) groups is 1. The van der Waals surface area contributed by atoms with Gasteiger partial charge in [0, 0.05) is 38.6 Å². The standard InChI is InChI=1S/C14H19ClN6O2/c1-14(2,3)23-13(22)20-8-6-19(7-9-20)11-10-16-4-5-21(10)18-12(15)17-11/h4-5H,6-9H2,1-3H3. The van der Waals surface area contributed by atoms with Crippen LogP contribution < -0.4 is 4.90 Å². The molecule has 23 heavy (non-hydrogen) atoms. The number of aromatic nitrogens is 4. The zero-order valence-electron chi connectivity index (χ0n) is 13.4. The van der Waals surface area contributed by atoms with E-state index in [1.54, 1.807) is 21.8 Å². The van der Waals surface area contributed by atoms with Crippen LogP contribution in [0.1, 0.15) is 20.8 Å². The van der Waals surface area contributed by atoms with Crippen LogP contribution in [0.5, 0.6) is 0 Å². The van der Waals surface area contributed by atoms with E-state index in [-0.39, 0.29) is 11.4 Å². The number of piperazine rings is 1. The Hall–Kier alpha value is -2.09. The molecule has 0 atom stereocenters. The van der Waals surface area contributed by atoms with Crippen LogP contribution in [0.4, 0.5) is 10.6 Å². The van der Waals surface area contributed by atoms with Gasteiger partial charge in [-0.25, -0.2) is 14.3 Å². The quantitative estimate of drug-likeness (QED) is 0.789. The van der Waals surface area contributed by atoms with E-state index in [0.717, 1.165) is 0 Å². The van der Waals surface area contributed by atoms with Crippen molar-refractivity contribution in [1.82, 2.24) is 24.5 Å². The van der Waals surface area contributed by atoms with Gasteiger partial charge in [-0.3, -0.25) is 0 Å². The van der Waals surface area contributed by atoms with Crippen LogP contribution in [0.15, 0.2) is 12.4 Å². The number of rotatable bonds is 1. The largest absolute Gasteiger partial charge is 0.444 e. The van der Waals surface area contributed by atoms with Crippen LogP contribution >= 0.6 is 11.6 Å². The summed E-state index contributed by atoms with van der Waals surface area (Å²) in [6.45, 7) is 7.97.